The third-order valence-electron chi connectivity index (χ3n) is 3.64. The van der Waals surface area contributed by atoms with Gasteiger partial charge in [-0.3, -0.25) is 4.79 Å². The van der Waals surface area contributed by atoms with E-state index in [1.54, 1.807) is 31.2 Å². The Kier molecular flexibility index (Phi) is 6.78. The van der Waals surface area contributed by atoms with E-state index in [4.69, 9.17) is 9.47 Å². The third kappa shape index (κ3) is 5.92. The van der Waals surface area contributed by atoms with Crippen molar-refractivity contribution in [1.29, 1.82) is 0 Å². The second-order valence-corrected chi connectivity index (χ2v) is 6.63. The molecule has 0 aliphatic heterocycles. The van der Waals surface area contributed by atoms with Crippen LogP contribution in [0.4, 0.5) is 5.69 Å². The number of hydrogen-bond acceptors (Lipinski definition) is 4. The van der Waals surface area contributed by atoms with Crippen LogP contribution in [0.5, 0.6) is 5.75 Å². The highest BCUT2D eigenvalue weighted by Crippen LogP contribution is 2.15. The molecule has 0 radical (unpaired) electrons. The van der Waals surface area contributed by atoms with Crippen LogP contribution >= 0.6 is 0 Å². The molecule has 0 fully saturated rings. The Morgan fingerprint density at radius 1 is 0.962 bits per heavy atom. The SMILES string of the molecule is Cc1ccc(OC(C)C(=O)Nc2ccc(C(=O)OCC(C)C)cc2)cc1. The van der Waals surface area contributed by atoms with E-state index in [9.17, 15) is 9.59 Å². The summed E-state index contributed by atoms with van der Waals surface area (Å²) < 4.78 is 10.8. The van der Waals surface area contributed by atoms with Gasteiger partial charge in [0.15, 0.2) is 6.10 Å². The van der Waals surface area contributed by atoms with Crippen molar-refractivity contribution in [3.63, 3.8) is 0 Å². The molecule has 1 unspecified atom stereocenters. The van der Waals surface area contributed by atoms with Crippen molar-refractivity contribution in [3.05, 3.63) is 59.7 Å². The molecular weight excluding hydrogens is 330 g/mol. The first-order chi connectivity index (χ1) is 12.3. The molecule has 5 heteroatoms. The van der Waals surface area contributed by atoms with Gasteiger partial charge in [-0.15, -0.1) is 0 Å². The van der Waals surface area contributed by atoms with Gasteiger partial charge in [0.2, 0.25) is 0 Å². The summed E-state index contributed by atoms with van der Waals surface area (Å²) in [7, 11) is 0. The standard InChI is InChI=1S/C21H25NO4/c1-14(2)13-25-21(24)17-7-9-18(10-8-17)22-20(23)16(4)26-19-11-5-15(3)6-12-19/h5-12,14,16H,13H2,1-4H3,(H,22,23). The van der Waals surface area contributed by atoms with Crippen molar-refractivity contribution in [2.45, 2.75) is 33.8 Å². The molecule has 5 nitrogen and oxygen atoms in total. The van der Waals surface area contributed by atoms with E-state index in [0.29, 0.717) is 23.6 Å². The van der Waals surface area contributed by atoms with Crippen LogP contribution in [0.1, 0.15) is 36.7 Å². The van der Waals surface area contributed by atoms with Crippen molar-refractivity contribution in [2.24, 2.45) is 5.92 Å². The van der Waals surface area contributed by atoms with Crippen LogP contribution in [0.2, 0.25) is 0 Å². The fourth-order valence-electron chi connectivity index (χ4n) is 2.13. The fraction of sp³-hybridized carbons (Fsp3) is 0.333. The number of hydrogen-bond donors (Lipinski definition) is 1. The summed E-state index contributed by atoms with van der Waals surface area (Å²) in [6.45, 7) is 8.01. The Hall–Kier alpha value is -2.82. The normalized spacial score (nSPS) is 11.7. The molecule has 138 valence electrons. The average Bonchev–Trinajstić information content (AvgIpc) is 2.62. The molecule has 0 spiro atoms. The molecular formula is C21H25NO4. The van der Waals surface area contributed by atoms with Gasteiger partial charge in [-0.2, -0.15) is 0 Å². The molecule has 2 aromatic carbocycles. The van der Waals surface area contributed by atoms with Crippen molar-refractivity contribution >= 4 is 17.6 Å². The Morgan fingerprint density at radius 3 is 2.15 bits per heavy atom. The average molecular weight is 355 g/mol. The third-order valence-corrected chi connectivity index (χ3v) is 3.64. The number of carbonyl (C=O) groups excluding carboxylic acids is 2. The number of nitrogens with one attached hydrogen (secondary N) is 1. The molecule has 0 heterocycles. The monoisotopic (exact) mass is 355 g/mol. The molecule has 26 heavy (non-hydrogen) atoms. The predicted octanol–water partition coefficient (Wildman–Crippen LogP) is 4.21. The van der Waals surface area contributed by atoms with Gasteiger partial charge in [-0.05, 0) is 56.2 Å². The van der Waals surface area contributed by atoms with Crippen LogP contribution in [0.15, 0.2) is 48.5 Å². The minimum atomic E-state index is -0.645. The lowest BCUT2D eigenvalue weighted by atomic mass is 10.2. The van der Waals surface area contributed by atoms with E-state index >= 15 is 0 Å². The van der Waals surface area contributed by atoms with Gasteiger partial charge >= 0.3 is 5.97 Å². The van der Waals surface area contributed by atoms with Crippen molar-refractivity contribution in [1.82, 2.24) is 0 Å². The molecule has 1 amide bonds. The summed E-state index contributed by atoms with van der Waals surface area (Å²) in [6, 6.07) is 14.1. The Balaban J connectivity index is 1.90. The maximum Gasteiger partial charge on any atom is 0.338 e. The minimum Gasteiger partial charge on any atom is -0.481 e. The van der Waals surface area contributed by atoms with Crippen molar-refractivity contribution in [3.8, 4) is 5.75 Å². The van der Waals surface area contributed by atoms with E-state index in [1.165, 1.54) is 0 Å². The van der Waals surface area contributed by atoms with Gasteiger partial charge in [0, 0.05) is 5.69 Å². The Morgan fingerprint density at radius 2 is 1.58 bits per heavy atom. The zero-order valence-electron chi connectivity index (χ0n) is 15.6. The first-order valence-corrected chi connectivity index (χ1v) is 8.66. The number of anilines is 1. The van der Waals surface area contributed by atoms with Crippen LogP contribution < -0.4 is 10.1 Å². The Labute approximate surface area is 154 Å². The number of aryl methyl sites for hydroxylation is 1. The summed E-state index contributed by atoms with van der Waals surface area (Å²) in [6.07, 6.45) is -0.645. The number of rotatable bonds is 7. The van der Waals surface area contributed by atoms with Crippen LogP contribution in [0, 0.1) is 12.8 Å². The van der Waals surface area contributed by atoms with Crippen LogP contribution in [0.25, 0.3) is 0 Å². The number of ether oxygens (including phenoxy) is 2. The lowest BCUT2D eigenvalue weighted by Crippen LogP contribution is -2.30. The Bertz CT molecular complexity index is 736. The fourth-order valence-corrected chi connectivity index (χ4v) is 2.13. The maximum absolute atomic E-state index is 12.3. The van der Waals surface area contributed by atoms with Crippen molar-refractivity contribution < 1.29 is 19.1 Å². The topological polar surface area (TPSA) is 64.6 Å². The van der Waals surface area contributed by atoms with E-state index in [2.05, 4.69) is 5.32 Å². The number of carbonyl (C=O) groups is 2. The van der Waals surface area contributed by atoms with Crippen LogP contribution in [0.3, 0.4) is 0 Å². The second-order valence-electron chi connectivity index (χ2n) is 6.63. The smallest absolute Gasteiger partial charge is 0.338 e. The first-order valence-electron chi connectivity index (χ1n) is 8.66. The van der Waals surface area contributed by atoms with E-state index in [1.807, 2.05) is 45.0 Å². The molecule has 0 aliphatic rings. The highest BCUT2D eigenvalue weighted by atomic mass is 16.5. The van der Waals surface area contributed by atoms with Gasteiger partial charge in [-0.1, -0.05) is 31.5 Å². The molecule has 0 saturated carbocycles. The molecule has 0 aromatic heterocycles. The zero-order valence-corrected chi connectivity index (χ0v) is 15.6. The highest BCUT2D eigenvalue weighted by Gasteiger charge is 2.15. The molecule has 2 aromatic rings. The molecule has 1 atom stereocenters. The van der Waals surface area contributed by atoms with E-state index in [0.717, 1.165) is 5.56 Å². The summed E-state index contributed by atoms with van der Waals surface area (Å²) in [4.78, 5) is 24.1. The maximum atomic E-state index is 12.3. The van der Waals surface area contributed by atoms with Crippen molar-refractivity contribution in [2.75, 3.05) is 11.9 Å². The van der Waals surface area contributed by atoms with Gasteiger partial charge in [0.05, 0.1) is 12.2 Å². The van der Waals surface area contributed by atoms with Gasteiger partial charge in [-0.25, -0.2) is 4.79 Å². The largest absolute Gasteiger partial charge is 0.481 e. The van der Waals surface area contributed by atoms with Crippen LogP contribution in [-0.2, 0) is 9.53 Å². The summed E-state index contributed by atoms with van der Waals surface area (Å²) in [5, 5.41) is 2.77. The van der Waals surface area contributed by atoms with Gasteiger partial charge in [0.1, 0.15) is 5.75 Å². The summed E-state index contributed by atoms with van der Waals surface area (Å²) in [5.41, 5.74) is 2.17. The molecule has 2 rings (SSSR count). The lowest BCUT2D eigenvalue weighted by molar-refractivity contribution is -0.122. The molecule has 0 saturated heterocycles. The van der Waals surface area contributed by atoms with E-state index in [-0.39, 0.29) is 17.8 Å². The van der Waals surface area contributed by atoms with Crippen LogP contribution in [-0.4, -0.2) is 24.6 Å². The lowest BCUT2D eigenvalue weighted by Gasteiger charge is -2.15. The highest BCUT2D eigenvalue weighted by molar-refractivity contribution is 5.95. The van der Waals surface area contributed by atoms with Gasteiger partial charge < -0.3 is 14.8 Å². The van der Waals surface area contributed by atoms with Gasteiger partial charge in [0.25, 0.3) is 5.91 Å². The first kappa shape index (κ1) is 19.5. The number of amides is 1. The molecule has 1 N–H and O–H groups in total. The summed E-state index contributed by atoms with van der Waals surface area (Å²) in [5.74, 6) is 0.294. The molecule has 0 bridgehead atoms. The van der Waals surface area contributed by atoms with E-state index < -0.39 is 6.10 Å². The minimum absolute atomic E-state index is 0.263. The summed E-state index contributed by atoms with van der Waals surface area (Å²) >= 11 is 0. The number of benzene rings is 2. The number of esters is 1. The predicted molar refractivity (Wildman–Crippen MR) is 101 cm³/mol. The zero-order chi connectivity index (χ0) is 19.1. The quantitative estimate of drug-likeness (QED) is 0.756. The molecule has 0 aliphatic carbocycles. The second kappa shape index (κ2) is 9.04.